The van der Waals surface area contributed by atoms with E-state index >= 15 is 0 Å². The minimum atomic E-state index is 0.382. The van der Waals surface area contributed by atoms with Gasteiger partial charge < -0.3 is 5.32 Å². The Morgan fingerprint density at radius 2 is 1.79 bits per heavy atom. The fourth-order valence-electron chi connectivity index (χ4n) is 1.86. The summed E-state index contributed by atoms with van der Waals surface area (Å²) in [6, 6.07) is 0.382. The molecule has 1 N–H and O–H groups in total. The Hall–Kier alpha value is -0.960. The molecule has 1 aliphatic heterocycles. The van der Waals surface area contributed by atoms with Crippen LogP contribution in [0.15, 0.2) is 0 Å². The molecule has 0 aromatic carbocycles. The molecule has 0 aliphatic carbocycles. The van der Waals surface area contributed by atoms with Crippen LogP contribution in [0.1, 0.15) is 41.7 Å². The Morgan fingerprint density at radius 1 is 1.14 bits per heavy atom. The zero-order valence-electron chi connectivity index (χ0n) is 9.09. The summed E-state index contributed by atoms with van der Waals surface area (Å²) in [5.41, 5.74) is 3.44. The maximum absolute atomic E-state index is 4.54. The number of aryl methyl sites for hydroxylation is 2. The van der Waals surface area contributed by atoms with Gasteiger partial charge in [0.25, 0.3) is 0 Å². The molecule has 1 fully saturated rings. The van der Waals surface area contributed by atoms with Crippen molar-refractivity contribution < 1.29 is 0 Å². The minimum absolute atomic E-state index is 0.382. The number of nitrogens with one attached hydrogen (secondary N) is 1. The lowest BCUT2D eigenvalue weighted by molar-refractivity contribution is 0.598. The third-order valence-electron chi connectivity index (χ3n) is 3.02. The monoisotopic (exact) mass is 191 g/mol. The Balaban J connectivity index is 2.34. The molecule has 14 heavy (non-hydrogen) atoms. The van der Waals surface area contributed by atoms with Crippen LogP contribution in [0, 0.1) is 20.8 Å². The Bertz CT molecular complexity index is 317. The van der Waals surface area contributed by atoms with Crippen LogP contribution in [0.4, 0.5) is 0 Å². The van der Waals surface area contributed by atoms with E-state index in [2.05, 4.69) is 36.1 Å². The molecule has 1 aromatic heterocycles. The summed E-state index contributed by atoms with van der Waals surface area (Å²) < 4.78 is 0. The summed E-state index contributed by atoms with van der Waals surface area (Å²) in [7, 11) is 0. The van der Waals surface area contributed by atoms with Crippen LogP contribution in [0.2, 0.25) is 0 Å². The van der Waals surface area contributed by atoms with Crippen LogP contribution < -0.4 is 5.32 Å². The summed E-state index contributed by atoms with van der Waals surface area (Å²) in [6.07, 6.45) is 2.40. The van der Waals surface area contributed by atoms with E-state index in [1.807, 2.05) is 0 Å². The van der Waals surface area contributed by atoms with E-state index < -0.39 is 0 Å². The maximum atomic E-state index is 4.54. The van der Waals surface area contributed by atoms with E-state index in [9.17, 15) is 0 Å². The molecule has 0 spiro atoms. The van der Waals surface area contributed by atoms with Crippen LogP contribution in [-0.2, 0) is 0 Å². The van der Waals surface area contributed by atoms with Gasteiger partial charge in [-0.05, 0) is 45.7 Å². The lowest BCUT2D eigenvalue weighted by Gasteiger charge is -2.12. The van der Waals surface area contributed by atoms with Gasteiger partial charge in [-0.15, -0.1) is 0 Å². The predicted molar refractivity (Wildman–Crippen MR) is 56.2 cm³/mol. The molecule has 1 aliphatic rings. The summed E-state index contributed by atoms with van der Waals surface area (Å²) in [5, 5.41) is 3.42. The smallest absolute Gasteiger partial charge is 0.145 e. The Morgan fingerprint density at radius 3 is 2.29 bits per heavy atom. The van der Waals surface area contributed by atoms with Crippen molar-refractivity contribution in [1.29, 1.82) is 0 Å². The van der Waals surface area contributed by atoms with Gasteiger partial charge >= 0.3 is 0 Å². The predicted octanol–water partition coefficient (Wildman–Crippen LogP) is 1.83. The van der Waals surface area contributed by atoms with E-state index in [1.165, 1.54) is 18.4 Å². The highest BCUT2D eigenvalue weighted by Gasteiger charge is 2.19. The van der Waals surface area contributed by atoms with Crippen molar-refractivity contribution in [2.24, 2.45) is 0 Å². The summed E-state index contributed by atoms with van der Waals surface area (Å²) in [5.74, 6) is 0.975. The molecule has 0 amide bonds. The number of nitrogens with zero attached hydrogens (tertiary/aromatic N) is 2. The molecule has 3 nitrogen and oxygen atoms in total. The van der Waals surface area contributed by atoms with Crippen LogP contribution in [0.5, 0.6) is 0 Å². The zero-order valence-corrected chi connectivity index (χ0v) is 9.09. The molecule has 1 atom stereocenters. The summed E-state index contributed by atoms with van der Waals surface area (Å²) >= 11 is 0. The molecule has 0 bridgehead atoms. The van der Waals surface area contributed by atoms with Crippen LogP contribution in [0.25, 0.3) is 0 Å². The SMILES string of the molecule is Cc1nc(C2CCCN2)nc(C)c1C. The van der Waals surface area contributed by atoms with E-state index in [1.54, 1.807) is 0 Å². The van der Waals surface area contributed by atoms with Crippen molar-refractivity contribution in [2.75, 3.05) is 6.54 Å². The van der Waals surface area contributed by atoms with Crippen molar-refractivity contribution in [3.05, 3.63) is 22.8 Å². The second kappa shape index (κ2) is 3.65. The van der Waals surface area contributed by atoms with E-state index in [4.69, 9.17) is 0 Å². The zero-order chi connectivity index (χ0) is 10.1. The van der Waals surface area contributed by atoms with Gasteiger partial charge in [0.1, 0.15) is 5.82 Å². The molecule has 0 radical (unpaired) electrons. The van der Waals surface area contributed by atoms with Crippen molar-refractivity contribution in [3.63, 3.8) is 0 Å². The van der Waals surface area contributed by atoms with E-state index in [0.717, 1.165) is 23.8 Å². The van der Waals surface area contributed by atoms with Gasteiger partial charge in [0.05, 0.1) is 6.04 Å². The molecule has 1 saturated heterocycles. The van der Waals surface area contributed by atoms with E-state index in [-0.39, 0.29) is 0 Å². The van der Waals surface area contributed by atoms with Gasteiger partial charge in [-0.25, -0.2) is 9.97 Å². The number of hydrogen-bond acceptors (Lipinski definition) is 3. The first-order valence-corrected chi connectivity index (χ1v) is 5.23. The second-order valence-corrected chi connectivity index (χ2v) is 4.03. The molecule has 2 rings (SSSR count). The van der Waals surface area contributed by atoms with Gasteiger partial charge in [-0.2, -0.15) is 0 Å². The standard InChI is InChI=1S/C11H17N3/c1-7-8(2)13-11(14-9(7)3)10-5-4-6-12-10/h10,12H,4-6H2,1-3H3. The second-order valence-electron chi connectivity index (χ2n) is 4.03. The van der Waals surface area contributed by atoms with Crippen molar-refractivity contribution in [1.82, 2.24) is 15.3 Å². The first-order chi connectivity index (χ1) is 6.68. The fraction of sp³-hybridized carbons (Fsp3) is 0.636. The first kappa shape index (κ1) is 9.59. The largest absolute Gasteiger partial charge is 0.307 e. The van der Waals surface area contributed by atoms with Crippen LogP contribution in [-0.4, -0.2) is 16.5 Å². The third-order valence-corrected chi connectivity index (χ3v) is 3.02. The lowest BCUT2D eigenvalue weighted by Crippen LogP contribution is -2.17. The normalized spacial score (nSPS) is 21.5. The average molecular weight is 191 g/mol. The van der Waals surface area contributed by atoms with Gasteiger partial charge in [0.15, 0.2) is 0 Å². The maximum Gasteiger partial charge on any atom is 0.145 e. The molecule has 2 heterocycles. The Kier molecular flexibility index (Phi) is 2.50. The summed E-state index contributed by atoms with van der Waals surface area (Å²) in [6.45, 7) is 7.29. The van der Waals surface area contributed by atoms with Crippen LogP contribution in [0.3, 0.4) is 0 Å². The lowest BCUT2D eigenvalue weighted by atomic mass is 10.1. The topological polar surface area (TPSA) is 37.8 Å². The number of rotatable bonds is 1. The van der Waals surface area contributed by atoms with Crippen molar-refractivity contribution in [2.45, 2.75) is 39.7 Å². The fourth-order valence-corrected chi connectivity index (χ4v) is 1.86. The van der Waals surface area contributed by atoms with Gasteiger partial charge in [-0.3, -0.25) is 0 Å². The average Bonchev–Trinajstić information content (AvgIpc) is 2.66. The number of aromatic nitrogens is 2. The molecule has 3 heteroatoms. The van der Waals surface area contributed by atoms with Crippen molar-refractivity contribution >= 4 is 0 Å². The van der Waals surface area contributed by atoms with Gasteiger partial charge in [0.2, 0.25) is 0 Å². The molecular weight excluding hydrogens is 174 g/mol. The van der Waals surface area contributed by atoms with Gasteiger partial charge in [-0.1, -0.05) is 0 Å². The summed E-state index contributed by atoms with van der Waals surface area (Å²) in [4.78, 5) is 9.08. The van der Waals surface area contributed by atoms with Crippen LogP contribution >= 0.6 is 0 Å². The highest BCUT2D eigenvalue weighted by Crippen LogP contribution is 2.21. The molecule has 0 saturated carbocycles. The molecule has 76 valence electrons. The number of hydrogen-bond donors (Lipinski definition) is 1. The minimum Gasteiger partial charge on any atom is -0.307 e. The van der Waals surface area contributed by atoms with Gasteiger partial charge in [0, 0.05) is 11.4 Å². The third kappa shape index (κ3) is 1.64. The molecule has 1 unspecified atom stereocenters. The first-order valence-electron chi connectivity index (χ1n) is 5.23. The van der Waals surface area contributed by atoms with Crippen molar-refractivity contribution in [3.8, 4) is 0 Å². The molecule has 1 aromatic rings. The van der Waals surface area contributed by atoms with E-state index in [0.29, 0.717) is 6.04 Å². The quantitative estimate of drug-likeness (QED) is 0.736. The highest BCUT2D eigenvalue weighted by molar-refractivity contribution is 5.23. The Labute approximate surface area is 85.0 Å². The molecular formula is C11H17N3. The highest BCUT2D eigenvalue weighted by atomic mass is 15.0.